The first-order valence-corrected chi connectivity index (χ1v) is 8.17. The van der Waals surface area contributed by atoms with E-state index in [2.05, 4.69) is 20.8 Å². The van der Waals surface area contributed by atoms with E-state index < -0.39 is 6.03 Å². The van der Waals surface area contributed by atoms with Crippen molar-refractivity contribution in [3.63, 3.8) is 0 Å². The molecule has 0 aliphatic carbocycles. The molecule has 122 valence electrons. The van der Waals surface area contributed by atoms with Gasteiger partial charge in [-0.05, 0) is 19.4 Å². The Balaban J connectivity index is 2.02. The summed E-state index contributed by atoms with van der Waals surface area (Å²) in [5.74, 6) is 0.466. The van der Waals surface area contributed by atoms with Gasteiger partial charge in [0.15, 0.2) is 11.0 Å². The fraction of sp³-hybridized carbons (Fsp3) is 0.333. The van der Waals surface area contributed by atoms with Crippen LogP contribution in [-0.4, -0.2) is 39.0 Å². The SMILES string of the molecule is CCNC(=O)NC(=O)CSc1nnc(-c2ccccc2C)n1C. The minimum Gasteiger partial charge on any atom is -0.338 e. The molecule has 0 unspecified atom stereocenters. The third-order valence-electron chi connectivity index (χ3n) is 3.14. The summed E-state index contributed by atoms with van der Waals surface area (Å²) in [6.45, 7) is 4.26. The quantitative estimate of drug-likeness (QED) is 0.814. The van der Waals surface area contributed by atoms with Gasteiger partial charge >= 0.3 is 6.03 Å². The summed E-state index contributed by atoms with van der Waals surface area (Å²) in [5.41, 5.74) is 2.11. The van der Waals surface area contributed by atoms with Crippen LogP contribution in [0, 0.1) is 6.92 Å². The Bertz CT molecular complexity index is 714. The van der Waals surface area contributed by atoms with Gasteiger partial charge in [0, 0.05) is 19.2 Å². The highest BCUT2D eigenvalue weighted by Crippen LogP contribution is 2.24. The Morgan fingerprint density at radius 2 is 2.00 bits per heavy atom. The van der Waals surface area contributed by atoms with Crippen LogP contribution in [0.2, 0.25) is 0 Å². The van der Waals surface area contributed by atoms with Crippen LogP contribution in [0.4, 0.5) is 4.79 Å². The van der Waals surface area contributed by atoms with Crippen molar-refractivity contribution < 1.29 is 9.59 Å². The topological polar surface area (TPSA) is 88.9 Å². The zero-order valence-corrected chi connectivity index (χ0v) is 14.1. The number of nitrogens with zero attached hydrogens (tertiary/aromatic N) is 3. The van der Waals surface area contributed by atoms with Crippen molar-refractivity contribution in [2.45, 2.75) is 19.0 Å². The predicted molar refractivity (Wildman–Crippen MR) is 89.1 cm³/mol. The van der Waals surface area contributed by atoms with Gasteiger partial charge in [-0.15, -0.1) is 10.2 Å². The summed E-state index contributed by atoms with van der Waals surface area (Å²) < 4.78 is 1.84. The van der Waals surface area contributed by atoms with Crippen molar-refractivity contribution in [2.75, 3.05) is 12.3 Å². The van der Waals surface area contributed by atoms with Gasteiger partial charge in [0.2, 0.25) is 5.91 Å². The van der Waals surface area contributed by atoms with Gasteiger partial charge in [-0.25, -0.2) is 4.79 Å². The fourth-order valence-corrected chi connectivity index (χ4v) is 2.71. The van der Waals surface area contributed by atoms with E-state index in [-0.39, 0.29) is 11.7 Å². The van der Waals surface area contributed by atoms with E-state index in [1.165, 1.54) is 11.8 Å². The third kappa shape index (κ3) is 4.32. The number of urea groups is 1. The van der Waals surface area contributed by atoms with Gasteiger partial charge in [0.1, 0.15) is 0 Å². The molecule has 1 aromatic heterocycles. The molecule has 0 atom stereocenters. The number of benzene rings is 1. The lowest BCUT2D eigenvalue weighted by atomic mass is 10.1. The summed E-state index contributed by atoms with van der Waals surface area (Å²) in [4.78, 5) is 23.0. The van der Waals surface area contributed by atoms with Crippen molar-refractivity contribution in [1.82, 2.24) is 25.4 Å². The molecule has 1 heterocycles. The normalized spacial score (nSPS) is 10.4. The summed E-state index contributed by atoms with van der Waals surface area (Å²) >= 11 is 1.23. The highest BCUT2D eigenvalue weighted by Gasteiger charge is 2.14. The van der Waals surface area contributed by atoms with Crippen molar-refractivity contribution in [3.8, 4) is 11.4 Å². The second-order valence-electron chi connectivity index (χ2n) is 4.88. The molecule has 0 aliphatic heterocycles. The first-order chi connectivity index (χ1) is 11.0. The third-order valence-corrected chi connectivity index (χ3v) is 4.16. The van der Waals surface area contributed by atoms with E-state index in [0.29, 0.717) is 11.7 Å². The molecule has 0 spiro atoms. The molecule has 23 heavy (non-hydrogen) atoms. The number of hydrogen-bond donors (Lipinski definition) is 2. The second kappa shape index (κ2) is 7.77. The summed E-state index contributed by atoms with van der Waals surface area (Å²) in [6, 6.07) is 7.42. The van der Waals surface area contributed by atoms with E-state index >= 15 is 0 Å². The van der Waals surface area contributed by atoms with Crippen LogP contribution in [0.15, 0.2) is 29.4 Å². The Hall–Kier alpha value is -2.35. The van der Waals surface area contributed by atoms with E-state index in [0.717, 1.165) is 17.0 Å². The Morgan fingerprint density at radius 1 is 1.26 bits per heavy atom. The second-order valence-corrected chi connectivity index (χ2v) is 5.82. The van der Waals surface area contributed by atoms with Gasteiger partial charge in [-0.2, -0.15) is 0 Å². The number of aromatic nitrogens is 3. The van der Waals surface area contributed by atoms with Gasteiger partial charge in [-0.3, -0.25) is 10.1 Å². The highest BCUT2D eigenvalue weighted by atomic mass is 32.2. The fourth-order valence-electron chi connectivity index (χ4n) is 2.00. The Morgan fingerprint density at radius 3 is 2.70 bits per heavy atom. The average molecular weight is 333 g/mol. The molecule has 2 aromatic rings. The van der Waals surface area contributed by atoms with Crippen LogP contribution in [-0.2, 0) is 11.8 Å². The molecule has 8 heteroatoms. The number of carbonyl (C=O) groups is 2. The molecule has 0 saturated heterocycles. The van der Waals surface area contributed by atoms with E-state index in [1.807, 2.05) is 42.8 Å². The number of imide groups is 1. The molecular formula is C15H19N5O2S. The molecule has 0 saturated carbocycles. The van der Waals surface area contributed by atoms with Gasteiger partial charge in [0.05, 0.1) is 5.75 Å². The van der Waals surface area contributed by atoms with Crippen LogP contribution in [0.1, 0.15) is 12.5 Å². The monoisotopic (exact) mass is 333 g/mol. The Labute approximate surface area is 138 Å². The number of carbonyl (C=O) groups excluding carboxylic acids is 2. The summed E-state index contributed by atoms with van der Waals surface area (Å²) in [7, 11) is 1.85. The zero-order chi connectivity index (χ0) is 16.8. The standard InChI is InChI=1S/C15H19N5O2S/c1-4-16-14(22)17-12(21)9-23-15-19-18-13(20(15)3)11-8-6-5-7-10(11)2/h5-8H,4,9H2,1-3H3,(H2,16,17,21,22). The molecule has 0 fully saturated rings. The van der Waals surface area contributed by atoms with Crippen molar-refractivity contribution in [3.05, 3.63) is 29.8 Å². The number of aryl methyl sites for hydroxylation is 1. The molecule has 2 rings (SSSR count). The summed E-state index contributed by atoms with van der Waals surface area (Å²) in [5, 5.41) is 13.7. The van der Waals surface area contributed by atoms with Gasteiger partial charge < -0.3 is 9.88 Å². The Kier molecular flexibility index (Phi) is 5.75. The van der Waals surface area contributed by atoms with Crippen LogP contribution in [0.5, 0.6) is 0 Å². The lowest BCUT2D eigenvalue weighted by molar-refractivity contribution is -0.117. The average Bonchev–Trinajstić information content (AvgIpc) is 2.87. The largest absolute Gasteiger partial charge is 0.338 e. The van der Waals surface area contributed by atoms with Crippen molar-refractivity contribution in [2.24, 2.45) is 7.05 Å². The lowest BCUT2D eigenvalue weighted by Crippen LogP contribution is -2.40. The number of rotatable bonds is 5. The number of nitrogens with one attached hydrogen (secondary N) is 2. The molecule has 0 aliphatic rings. The van der Waals surface area contributed by atoms with Crippen LogP contribution in [0.25, 0.3) is 11.4 Å². The molecule has 2 N–H and O–H groups in total. The van der Waals surface area contributed by atoms with Crippen molar-refractivity contribution in [1.29, 1.82) is 0 Å². The molecule has 3 amide bonds. The molecule has 0 bridgehead atoms. The molecule has 0 radical (unpaired) electrons. The first kappa shape index (κ1) is 17.0. The molecular weight excluding hydrogens is 314 g/mol. The van der Waals surface area contributed by atoms with E-state index in [4.69, 9.17) is 0 Å². The minimum atomic E-state index is -0.489. The number of hydrogen-bond acceptors (Lipinski definition) is 5. The van der Waals surface area contributed by atoms with E-state index in [9.17, 15) is 9.59 Å². The maximum absolute atomic E-state index is 11.7. The number of thioether (sulfide) groups is 1. The smallest absolute Gasteiger partial charge is 0.321 e. The van der Waals surface area contributed by atoms with Crippen LogP contribution < -0.4 is 10.6 Å². The highest BCUT2D eigenvalue weighted by molar-refractivity contribution is 7.99. The maximum Gasteiger partial charge on any atom is 0.321 e. The predicted octanol–water partition coefficient (Wildman–Crippen LogP) is 1.73. The van der Waals surface area contributed by atoms with Crippen LogP contribution in [0.3, 0.4) is 0 Å². The number of amides is 3. The molecule has 1 aromatic carbocycles. The summed E-state index contributed by atoms with van der Waals surface area (Å²) in [6.07, 6.45) is 0. The maximum atomic E-state index is 11.7. The van der Waals surface area contributed by atoms with E-state index in [1.54, 1.807) is 6.92 Å². The minimum absolute atomic E-state index is 0.0941. The first-order valence-electron chi connectivity index (χ1n) is 7.18. The van der Waals surface area contributed by atoms with Crippen LogP contribution >= 0.6 is 11.8 Å². The lowest BCUT2D eigenvalue weighted by Gasteiger charge is -2.06. The zero-order valence-electron chi connectivity index (χ0n) is 13.3. The van der Waals surface area contributed by atoms with Crippen molar-refractivity contribution >= 4 is 23.7 Å². The molecule has 7 nitrogen and oxygen atoms in total. The van der Waals surface area contributed by atoms with Gasteiger partial charge in [-0.1, -0.05) is 36.0 Å². The van der Waals surface area contributed by atoms with Gasteiger partial charge in [0.25, 0.3) is 0 Å².